The molecule has 0 radical (unpaired) electrons. The lowest BCUT2D eigenvalue weighted by Crippen LogP contribution is -2.50. The molecule has 4 heteroatoms. The molecule has 0 aromatic carbocycles. The van der Waals surface area contributed by atoms with Gasteiger partial charge in [0.15, 0.2) is 0 Å². The average Bonchev–Trinajstić information content (AvgIpc) is 2.14. The summed E-state index contributed by atoms with van der Waals surface area (Å²) in [6.07, 6.45) is 1.11. The molecule has 0 atom stereocenters. The van der Waals surface area contributed by atoms with Crippen LogP contribution in [0.1, 0.15) is 6.42 Å². The molecule has 0 unspecified atom stereocenters. The topological polar surface area (TPSA) is 47.7 Å². The Morgan fingerprint density at radius 3 is 2.71 bits per heavy atom. The number of ether oxygens (including phenoxy) is 2. The molecule has 4 nitrogen and oxygen atoms in total. The summed E-state index contributed by atoms with van der Waals surface area (Å²) in [5, 5.41) is 0. The first kappa shape index (κ1) is 11.9. The molecule has 0 bridgehead atoms. The minimum Gasteiger partial charge on any atom is -0.382 e. The van der Waals surface area contributed by atoms with Crippen molar-refractivity contribution in [2.24, 2.45) is 11.7 Å². The Kier molecular flexibility index (Phi) is 6.10. The van der Waals surface area contributed by atoms with E-state index in [1.54, 1.807) is 7.11 Å². The van der Waals surface area contributed by atoms with Gasteiger partial charge in [-0.1, -0.05) is 0 Å². The highest BCUT2D eigenvalue weighted by atomic mass is 16.5. The van der Waals surface area contributed by atoms with Crippen LogP contribution in [0.15, 0.2) is 0 Å². The summed E-state index contributed by atoms with van der Waals surface area (Å²) in [5.74, 6) is 0.740. The summed E-state index contributed by atoms with van der Waals surface area (Å²) in [4.78, 5) is 2.43. The molecule has 0 aromatic heterocycles. The Balaban J connectivity index is 1.77. The fraction of sp³-hybridized carbons (Fsp3) is 1.00. The van der Waals surface area contributed by atoms with Crippen LogP contribution < -0.4 is 5.73 Å². The Labute approximate surface area is 86.3 Å². The molecule has 14 heavy (non-hydrogen) atoms. The first-order valence-corrected chi connectivity index (χ1v) is 5.36. The Morgan fingerprint density at radius 2 is 2.07 bits per heavy atom. The number of rotatable bonds is 8. The van der Waals surface area contributed by atoms with Crippen molar-refractivity contribution in [3.8, 4) is 0 Å². The molecular weight excluding hydrogens is 180 g/mol. The van der Waals surface area contributed by atoms with E-state index in [1.807, 2.05) is 0 Å². The molecule has 0 spiro atoms. The van der Waals surface area contributed by atoms with Crippen molar-refractivity contribution in [1.29, 1.82) is 0 Å². The van der Waals surface area contributed by atoms with Gasteiger partial charge in [-0.05, 0) is 18.9 Å². The van der Waals surface area contributed by atoms with Gasteiger partial charge in [-0.15, -0.1) is 0 Å². The van der Waals surface area contributed by atoms with Crippen LogP contribution in [0, 0.1) is 5.92 Å². The van der Waals surface area contributed by atoms with E-state index in [9.17, 15) is 0 Å². The van der Waals surface area contributed by atoms with E-state index in [0.717, 1.165) is 32.0 Å². The maximum atomic E-state index is 5.54. The quantitative estimate of drug-likeness (QED) is 0.560. The van der Waals surface area contributed by atoms with E-state index in [1.165, 1.54) is 13.1 Å². The molecule has 1 aliphatic heterocycles. The molecule has 1 rings (SSSR count). The van der Waals surface area contributed by atoms with E-state index >= 15 is 0 Å². The highest BCUT2D eigenvalue weighted by molar-refractivity contribution is 4.79. The smallest absolute Gasteiger partial charge is 0.0700 e. The van der Waals surface area contributed by atoms with Crippen molar-refractivity contribution >= 4 is 0 Å². The number of methoxy groups -OCH3 is 1. The second kappa shape index (κ2) is 7.17. The van der Waals surface area contributed by atoms with Gasteiger partial charge in [0.2, 0.25) is 0 Å². The van der Waals surface area contributed by atoms with E-state index in [-0.39, 0.29) is 0 Å². The maximum Gasteiger partial charge on any atom is 0.0700 e. The number of nitrogens with two attached hydrogens (primary N) is 1. The van der Waals surface area contributed by atoms with Crippen molar-refractivity contribution < 1.29 is 9.47 Å². The van der Waals surface area contributed by atoms with Crippen LogP contribution >= 0.6 is 0 Å². The number of nitrogens with zero attached hydrogens (tertiary/aromatic N) is 1. The standard InChI is InChI=1S/C10H22N2O2/c1-13-5-6-14-4-2-3-12-8-10(7-11)9-12/h10H,2-9,11H2,1H3. The van der Waals surface area contributed by atoms with E-state index in [4.69, 9.17) is 15.2 Å². The predicted molar refractivity (Wildman–Crippen MR) is 56.3 cm³/mol. The molecule has 0 aliphatic carbocycles. The van der Waals surface area contributed by atoms with Crippen LogP contribution in [-0.2, 0) is 9.47 Å². The zero-order valence-electron chi connectivity index (χ0n) is 9.08. The fourth-order valence-corrected chi connectivity index (χ4v) is 1.64. The fourth-order valence-electron chi connectivity index (χ4n) is 1.64. The van der Waals surface area contributed by atoms with E-state index < -0.39 is 0 Å². The van der Waals surface area contributed by atoms with Crippen molar-refractivity contribution in [2.75, 3.05) is 53.1 Å². The van der Waals surface area contributed by atoms with Gasteiger partial charge in [0.05, 0.1) is 13.2 Å². The number of likely N-dealkylation sites (tertiary alicyclic amines) is 1. The van der Waals surface area contributed by atoms with Crippen LogP contribution in [0.2, 0.25) is 0 Å². The Morgan fingerprint density at radius 1 is 1.29 bits per heavy atom. The van der Waals surface area contributed by atoms with Crippen LogP contribution in [0.5, 0.6) is 0 Å². The van der Waals surface area contributed by atoms with Gasteiger partial charge in [0, 0.05) is 33.4 Å². The number of hydrogen-bond acceptors (Lipinski definition) is 4. The molecule has 84 valence electrons. The first-order chi connectivity index (χ1) is 6.86. The van der Waals surface area contributed by atoms with E-state index in [0.29, 0.717) is 13.2 Å². The third-order valence-electron chi connectivity index (χ3n) is 2.56. The Hall–Kier alpha value is -0.160. The molecule has 1 heterocycles. The van der Waals surface area contributed by atoms with Crippen molar-refractivity contribution in [1.82, 2.24) is 4.90 Å². The van der Waals surface area contributed by atoms with Crippen LogP contribution in [0.25, 0.3) is 0 Å². The number of hydrogen-bond donors (Lipinski definition) is 1. The van der Waals surface area contributed by atoms with E-state index in [2.05, 4.69) is 4.90 Å². The average molecular weight is 202 g/mol. The molecule has 1 saturated heterocycles. The molecule has 0 amide bonds. The summed E-state index contributed by atoms with van der Waals surface area (Å²) in [6.45, 7) is 6.57. The van der Waals surface area contributed by atoms with Gasteiger partial charge in [0.1, 0.15) is 0 Å². The van der Waals surface area contributed by atoms with Crippen molar-refractivity contribution in [2.45, 2.75) is 6.42 Å². The summed E-state index contributed by atoms with van der Waals surface area (Å²) in [5.41, 5.74) is 5.54. The van der Waals surface area contributed by atoms with Gasteiger partial charge < -0.3 is 20.1 Å². The molecule has 2 N–H and O–H groups in total. The lowest BCUT2D eigenvalue weighted by molar-refractivity contribution is 0.0525. The summed E-state index contributed by atoms with van der Waals surface area (Å²) >= 11 is 0. The molecule has 1 aliphatic rings. The largest absolute Gasteiger partial charge is 0.382 e. The molecule has 1 fully saturated rings. The Bertz CT molecular complexity index is 138. The van der Waals surface area contributed by atoms with Gasteiger partial charge in [-0.2, -0.15) is 0 Å². The SMILES string of the molecule is COCCOCCCN1CC(CN)C1. The second-order valence-electron chi connectivity index (χ2n) is 3.82. The van der Waals surface area contributed by atoms with Crippen LogP contribution in [0.4, 0.5) is 0 Å². The summed E-state index contributed by atoms with van der Waals surface area (Å²) in [6, 6.07) is 0. The van der Waals surface area contributed by atoms with Crippen LogP contribution in [-0.4, -0.2) is 58.0 Å². The predicted octanol–water partition coefficient (Wildman–Crippen LogP) is -0.0700. The monoisotopic (exact) mass is 202 g/mol. The lowest BCUT2D eigenvalue weighted by atomic mass is 10.0. The minimum absolute atomic E-state index is 0.693. The minimum atomic E-state index is 0.693. The maximum absolute atomic E-state index is 5.54. The molecule has 0 saturated carbocycles. The van der Waals surface area contributed by atoms with Gasteiger partial charge in [-0.3, -0.25) is 0 Å². The van der Waals surface area contributed by atoms with Crippen molar-refractivity contribution in [3.05, 3.63) is 0 Å². The van der Waals surface area contributed by atoms with Crippen LogP contribution in [0.3, 0.4) is 0 Å². The highest BCUT2D eigenvalue weighted by Crippen LogP contribution is 2.13. The van der Waals surface area contributed by atoms with Gasteiger partial charge in [-0.25, -0.2) is 0 Å². The molecule has 0 aromatic rings. The zero-order valence-corrected chi connectivity index (χ0v) is 9.08. The normalized spacial score (nSPS) is 18.4. The van der Waals surface area contributed by atoms with Gasteiger partial charge in [0.25, 0.3) is 0 Å². The molecular formula is C10H22N2O2. The highest BCUT2D eigenvalue weighted by Gasteiger charge is 2.23. The second-order valence-corrected chi connectivity index (χ2v) is 3.82. The van der Waals surface area contributed by atoms with Crippen molar-refractivity contribution in [3.63, 3.8) is 0 Å². The zero-order chi connectivity index (χ0) is 10.2. The summed E-state index contributed by atoms with van der Waals surface area (Å²) in [7, 11) is 1.69. The lowest BCUT2D eigenvalue weighted by Gasteiger charge is -2.38. The first-order valence-electron chi connectivity index (χ1n) is 5.36. The third-order valence-corrected chi connectivity index (χ3v) is 2.56. The van der Waals surface area contributed by atoms with Gasteiger partial charge >= 0.3 is 0 Å². The third kappa shape index (κ3) is 4.37. The summed E-state index contributed by atoms with van der Waals surface area (Å²) < 4.78 is 10.3.